The van der Waals surface area contributed by atoms with Gasteiger partial charge in [-0.15, -0.1) is 0 Å². The molecule has 1 heterocycles. The first kappa shape index (κ1) is 13.5. The fraction of sp³-hybridized carbons (Fsp3) is 0.357. The number of oxazole rings is 1. The molecule has 0 bridgehead atoms. The molecule has 2 rings (SSSR count). The molecule has 2 aromatic rings. The number of nitrogens with zero attached hydrogens (tertiary/aromatic N) is 1. The van der Waals surface area contributed by atoms with Crippen LogP contribution in [0.25, 0.3) is 0 Å². The Hall–Kier alpha value is -1.88. The minimum atomic E-state index is -0.289. The van der Waals surface area contributed by atoms with Crippen LogP contribution in [0.1, 0.15) is 30.2 Å². The standard InChI is InChI=1S/C14H17FN2O2/c1-9-7-17-14(19-9)10(2)16-8-11-4-5-12(18-3)6-13(11)15/h4-7,10,16H,8H2,1-3H3. The van der Waals surface area contributed by atoms with E-state index < -0.39 is 0 Å². The van der Waals surface area contributed by atoms with Crippen LogP contribution in [0.3, 0.4) is 0 Å². The van der Waals surface area contributed by atoms with Crippen LogP contribution in [0.5, 0.6) is 5.75 Å². The van der Waals surface area contributed by atoms with Crippen molar-refractivity contribution >= 4 is 0 Å². The molecule has 1 N–H and O–H groups in total. The molecule has 0 saturated heterocycles. The molecule has 0 aliphatic carbocycles. The molecule has 1 unspecified atom stereocenters. The molecule has 19 heavy (non-hydrogen) atoms. The number of methoxy groups -OCH3 is 1. The van der Waals surface area contributed by atoms with Gasteiger partial charge in [-0.2, -0.15) is 0 Å². The molecule has 102 valence electrons. The molecule has 0 aliphatic heterocycles. The molecule has 0 saturated carbocycles. The van der Waals surface area contributed by atoms with Gasteiger partial charge in [0, 0.05) is 18.2 Å². The second-order valence-electron chi connectivity index (χ2n) is 4.37. The van der Waals surface area contributed by atoms with Crippen LogP contribution in [0.15, 0.2) is 28.8 Å². The van der Waals surface area contributed by atoms with Crippen LogP contribution in [-0.4, -0.2) is 12.1 Å². The maximum absolute atomic E-state index is 13.7. The maximum Gasteiger partial charge on any atom is 0.211 e. The first-order chi connectivity index (χ1) is 9.10. The zero-order valence-corrected chi connectivity index (χ0v) is 11.2. The summed E-state index contributed by atoms with van der Waals surface area (Å²) in [6, 6.07) is 4.74. The lowest BCUT2D eigenvalue weighted by molar-refractivity contribution is 0.397. The highest BCUT2D eigenvalue weighted by Crippen LogP contribution is 2.18. The summed E-state index contributed by atoms with van der Waals surface area (Å²) in [5.41, 5.74) is 0.580. The Morgan fingerprint density at radius 3 is 2.84 bits per heavy atom. The van der Waals surface area contributed by atoms with E-state index in [9.17, 15) is 4.39 Å². The lowest BCUT2D eigenvalue weighted by atomic mass is 10.2. The fourth-order valence-electron chi connectivity index (χ4n) is 1.72. The Labute approximate surface area is 111 Å². The van der Waals surface area contributed by atoms with Crippen LogP contribution in [0, 0.1) is 12.7 Å². The quantitative estimate of drug-likeness (QED) is 0.901. The van der Waals surface area contributed by atoms with Gasteiger partial charge in [-0.05, 0) is 19.9 Å². The zero-order valence-electron chi connectivity index (χ0n) is 11.2. The van der Waals surface area contributed by atoms with Crippen LogP contribution < -0.4 is 10.1 Å². The van der Waals surface area contributed by atoms with Crippen molar-refractivity contribution in [3.05, 3.63) is 47.4 Å². The van der Waals surface area contributed by atoms with E-state index in [0.717, 1.165) is 5.76 Å². The second kappa shape index (κ2) is 5.84. The average Bonchev–Trinajstić information content (AvgIpc) is 2.83. The summed E-state index contributed by atoms with van der Waals surface area (Å²) in [7, 11) is 1.51. The summed E-state index contributed by atoms with van der Waals surface area (Å²) < 4.78 is 24.1. The van der Waals surface area contributed by atoms with E-state index in [-0.39, 0.29) is 11.9 Å². The third kappa shape index (κ3) is 3.32. The molecule has 0 radical (unpaired) electrons. The number of halogens is 1. The van der Waals surface area contributed by atoms with Crippen molar-refractivity contribution in [3.8, 4) is 5.75 Å². The highest BCUT2D eigenvalue weighted by atomic mass is 19.1. The molecule has 1 aromatic carbocycles. The third-order valence-electron chi connectivity index (χ3n) is 2.87. The first-order valence-electron chi connectivity index (χ1n) is 6.08. The zero-order chi connectivity index (χ0) is 13.8. The number of ether oxygens (including phenoxy) is 1. The van der Waals surface area contributed by atoms with E-state index in [1.165, 1.54) is 13.2 Å². The van der Waals surface area contributed by atoms with Gasteiger partial charge in [0.2, 0.25) is 5.89 Å². The highest BCUT2D eigenvalue weighted by molar-refractivity contribution is 5.28. The van der Waals surface area contributed by atoms with Crippen molar-refractivity contribution < 1.29 is 13.5 Å². The van der Waals surface area contributed by atoms with Gasteiger partial charge in [0.25, 0.3) is 0 Å². The van der Waals surface area contributed by atoms with Crippen molar-refractivity contribution in [3.63, 3.8) is 0 Å². The Morgan fingerprint density at radius 2 is 2.26 bits per heavy atom. The number of hydrogen-bond donors (Lipinski definition) is 1. The van der Waals surface area contributed by atoms with E-state index >= 15 is 0 Å². The Morgan fingerprint density at radius 1 is 1.47 bits per heavy atom. The lowest BCUT2D eigenvalue weighted by Gasteiger charge is -2.11. The van der Waals surface area contributed by atoms with Gasteiger partial charge in [-0.3, -0.25) is 0 Å². The SMILES string of the molecule is COc1ccc(CNC(C)c2ncc(C)o2)c(F)c1. The number of aromatic nitrogens is 1. The van der Waals surface area contributed by atoms with Gasteiger partial charge in [-0.1, -0.05) is 6.07 Å². The van der Waals surface area contributed by atoms with Crippen LogP contribution in [-0.2, 0) is 6.54 Å². The molecular formula is C14H17FN2O2. The minimum Gasteiger partial charge on any atom is -0.497 e. The van der Waals surface area contributed by atoms with Crippen molar-refractivity contribution in [2.24, 2.45) is 0 Å². The van der Waals surface area contributed by atoms with Gasteiger partial charge in [0.05, 0.1) is 19.3 Å². The van der Waals surface area contributed by atoms with Crippen LogP contribution in [0.4, 0.5) is 4.39 Å². The van der Waals surface area contributed by atoms with Crippen molar-refractivity contribution in [2.75, 3.05) is 7.11 Å². The monoisotopic (exact) mass is 264 g/mol. The molecule has 0 fully saturated rings. The van der Waals surface area contributed by atoms with Crippen molar-refractivity contribution in [1.82, 2.24) is 10.3 Å². The van der Waals surface area contributed by atoms with Crippen LogP contribution >= 0.6 is 0 Å². The molecule has 0 amide bonds. The Kier molecular flexibility index (Phi) is 4.16. The van der Waals surface area contributed by atoms with Gasteiger partial charge >= 0.3 is 0 Å². The molecule has 1 atom stereocenters. The van der Waals surface area contributed by atoms with Crippen molar-refractivity contribution in [1.29, 1.82) is 0 Å². The smallest absolute Gasteiger partial charge is 0.211 e. The number of hydrogen-bond acceptors (Lipinski definition) is 4. The molecular weight excluding hydrogens is 247 g/mol. The summed E-state index contributed by atoms with van der Waals surface area (Å²) in [6.45, 7) is 4.16. The van der Waals surface area contributed by atoms with E-state index in [0.29, 0.717) is 23.7 Å². The molecule has 0 aliphatic rings. The number of rotatable bonds is 5. The Balaban J connectivity index is 1.98. The summed E-state index contributed by atoms with van der Waals surface area (Å²) in [5.74, 6) is 1.59. The predicted octanol–water partition coefficient (Wildman–Crippen LogP) is 2.98. The average molecular weight is 264 g/mol. The largest absolute Gasteiger partial charge is 0.497 e. The fourth-order valence-corrected chi connectivity index (χ4v) is 1.72. The first-order valence-corrected chi connectivity index (χ1v) is 6.08. The van der Waals surface area contributed by atoms with Gasteiger partial charge in [-0.25, -0.2) is 9.37 Å². The normalized spacial score (nSPS) is 12.4. The molecule has 5 heteroatoms. The number of nitrogens with one attached hydrogen (secondary N) is 1. The van der Waals surface area contributed by atoms with E-state index in [4.69, 9.17) is 9.15 Å². The van der Waals surface area contributed by atoms with Gasteiger partial charge in [0.1, 0.15) is 17.3 Å². The summed E-state index contributed by atoms with van der Waals surface area (Å²) >= 11 is 0. The number of benzene rings is 1. The number of aryl methyl sites for hydroxylation is 1. The van der Waals surface area contributed by atoms with E-state index in [1.54, 1.807) is 18.3 Å². The summed E-state index contributed by atoms with van der Waals surface area (Å²) in [6.07, 6.45) is 1.67. The highest BCUT2D eigenvalue weighted by Gasteiger charge is 2.12. The second-order valence-corrected chi connectivity index (χ2v) is 4.37. The minimum absolute atomic E-state index is 0.0739. The maximum atomic E-state index is 13.7. The van der Waals surface area contributed by atoms with Gasteiger partial charge < -0.3 is 14.5 Å². The topological polar surface area (TPSA) is 47.3 Å². The molecule has 4 nitrogen and oxygen atoms in total. The molecule has 1 aromatic heterocycles. The van der Waals surface area contributed by atoms with E-state index in [1.807, 2.05) is 13.8 Å². The Bertz CT molecular complexity index is 554. The molecule has 0 spiro atoms. The summed E-state index contributed by atoms with van der Waals surface area (Å²) in [4.78, 5) is 4.13. The van der Waals surface area contributed by atoms with E-state index in [2.05, 4.69) is 10.3 Å². The summed E-state index contributed by atoms with van der Waals surface area (Å²) in [5, 5.41) is 3.17. The van der Waals surface area contributed by atoms with Crippen molar-refractivity contribution in [2.45, 2.75) is 26.4 Å². The predicted molar refractivity (Wildman–Crippen MR) is 69.4 cm³/mol. The van der Waals surface area contributed by atoms with Gasteiger partial charge in [0.15, 0.2) is 0 Å². The lowest BCUT2D eigenvalue weighted by Crippen LogP contribution is -2.19. The third-order valence-corrected chi connectivity index (χ3v) is 2.87. The van der Waals surface area contributed by atoms with Crippen LogP contribution in [0.2, 0.25) is 0 Å².